The van der Waals surface area contributed by atoms with Crippen molar-refractivity contribution in [2.24, 2.45) is 5.41 Å². The van der Waals surface area contributed by atoms with Gasteiger partial charge in [-0.1, -0.05) is 86.8 Å². The fourth-order valence-corrected chi connectivity index (χ4v) is 14.2. The standard InChI is InChI=1S/C65H75FN12O8S3/c1-39-46-16-13-29-77(59(46)74-73-58(39)72-63-69-48-17-10-11-18-51(48)88-63)64-71-55(62(84)85)52(89-64)19-14-34-86-50-27-22-42(35-47(50)66)15-12-28-75-30-32-76(33-31-75)54(81)21-9-7-8-20-53(80)70-57(65(4,5)6)61(83)78-37-45(79)36-49(78)60(82)68-40(2)43-23-25-44(26-24-43)56-41(3)67-38-87-56/h10-11,17-18,22-27,35,38,40,45,49,57,79H,7-9,13-14,16,19-21,28-34,36-37H2,1-6H3,(H,68,82)(H,70,80)(H,84,85)(H,69,72,73)/t40?,45-,49+,57?/m1/s1. The van der Waals surface area contributed by atoms with Gasteiger partial charge in [0.25, 0.3) is 0 Å². The summed E-state index contributed by atoms with van der Waals surface area (Å²) < 4.78 is 22.2. The Morgan fingerprint density at radius 1 is 0.899 bits per heavy atom. The van der Waals surface area contributed by atoms with Gasteiger partial charge in [0.05, 0.1) is 51.6 Å². The normalized spacial score (nSPS) is 16.7. The van der Waals surface area contributed by atoms with Crippen LogP contribution in [-0.4, -0.2) is 150 Å². The van der Waals surface area contributed by atoms with E-state index >= 15 is 4.39 Å². The molecule has 7 aromatic rings. The number of nitrogens with zero attached hydrogens (tertiary/aromatic N) is 9. The van der Waals surface area contributed by atoms with Crippen molar-refractivity contribution in [3.8, 4) is 28.0 Å². The first-order chi connectivity index (χ1) is 42.8. The second-order valence-corrected chi connectivity index (χ2v) is 26.9. The summed E-state index contributed by atoms with van der Waals surface area (Å²) in [5.41, 5.74) is 7.35. The van der Waals surface area contributed by atoms with Crippen LogP contribution >= 0.6 is 34.0 Å². The van der Waals surface area contributed by atoms with Crippen molar-refractivity contribution in [2.45, 2.75) is 130 Å². The number of halogens is 1. The molecule has 24 heteroatoms. The van der Waals surface area contributed by atoms with Crippen LogP contribution < -0.4 is 25.6 Å². The second kappa shape index (κ2) is 28.7. The van der Waals surface area contributed by atoms with Gasteiger partial charge in [0, 0.05) is 80.1 Å². The smallest absolute Gasteiger partial charge is 0.355 e. The van der Waals surface area contributed by atoms with E-state index in [4.69, 9.17) is 4.74 Å². The zero-order valence-electron chi connectivity index (χ0n) is 50.9. The molecule has 10 rings (SSSR count). The molecule has 2 unspecified atom stereocenters. The first-order valence-electron chi connectivity index (χ1n) is 30.3. The van der Waals surface area contributed by atoms with E-state index < -0.39 is 41.3 Å². The summed E-state index contributed by atoms with van der Waals surface area (Å²) in [4.78, 5) is 89.4. The molecule has 5 N–H and O–H groups in total. The Bertz CT molecular complexity index is 3740. The highest BCUT2D eigenvalue weighted by atomic mass is 32.1. The largest absolute Gasteiger partial charge is 0.491 e. The zero-order chi connectivity index (χ0) is 62.9. The number of piperazine rings is 1. The molecule has 7 heterocycles. The summed E-state index contributed by atoms with van der Waals surface area (Å²) >= 11 is 4.41. The van der Waals surface area contributed by atoms with Crippen molar-refractivity contribution in [2.75, 3.05) is 62.6 Å². The van der Waals surface area contributed by atoms with E-state index in [9.17, 15) is 34.2 Å². The van der Waals surface area contributed by atoms with Gasteiger partial charge in [-0.25, -0.2) is 24.1 Å². The number of benzene rings is 3. The molecule has 4 amide bonds. The number of unbranched alkanes of at least 4 members (excludes halogenated alkanes) is 2. The number of ether oxygens (including phenoxy) is 1. The Morgan fingerprint density at radius 3 is 2.40 bits per heavy atom. The number of nitrogens with one attached hydrogen (secondary N) is 3. The maximum absolute atomic E-state index is 15.3. The van der Waals surface area contributed by atoms with Crippen LogP contribution in [0.4, 0.5) is 26.3 Å². The molecule has 0 spiro atoms. The van der Waals surface area contributed by atoms with Gasteiger partial charge < -0.3 is 45.6 Å². The summed E-state index contributed by atoms with van der Waals surface area (Å²) in [7, 11) is 0. The van der Waals surface area contributed by atoms with Gasteiger partial charge in [-0.05, 0) is 106 Å². The summed E-state index contributed by atoms with van der Waals surface area (Å²) in [5.74, 6) is 4.81. The number of hydrogen-bond donors (Lipinski definition) is 5. The van der Waals surface area contributed by atoms with Crippen molar-refractivity contribution < 1.29 is 43.3 Å². The van der Waals surface area contributed by atoms with E-state index in [1.165, 1.54) is 22.3 Å². The fourth-order valence-electron chi connectivity index (χ4n) is 11.4. The molecular weight excluding hydrogens is 1190 g/mol. The lowest BCUT2D eigenvalue weighted by atomic mass is 9.85. The van der Waals surface area contributed by atoms with Crippen LogP contribution in [-0.2, 0) is 32.0 Å². The summed E-state index contributed by atoms with van der Waals surface area (Å²) in [6.45, 7) is 15.0. The monoisotopic (exact) mass is 1270 g/mol. The molecule has 0 bridgehead atoms. The van der Waals surface area contributed by atoms with Crippen molar-refractivity contribution >= 4 is 95.7 Å². The predicted molar refractivity (Wildman–Crippen MR) is 344 cm³/mol. The molecule has 2 saturated heterocycles. The van der Waals surface area contributed by atoms with Gasteiger partial charge in [0.15, 0.2) is 39.2 Å². The first-order valence-corrected chi connectivity index (χ1v) is 32.8. The molecule has 89 heavy (non-hydrogen) atoms. The second-order valence-electron chi connectivity index (χ2n) is 23.9. The van der Waals surface area contributed by atoms with Crippen LogP contribution in [0, 0.1) is 36.9 Å². The molecule has 4 aromatic heterocycles. The molecule has 20 nitrogen and oxygen atoms in total. The summed E-state index contributed by atoms with van der Waals surface area (Å²) in [5, 5.41) is 40.5. The number of aliphatic hydroxyl groups excluding tert-OH is 1. The lowest BCUT2D eigenvalue weighted by molar-refractivity contribution is -0.144. The molecule has 0 saturated carbocycles. The van der Waals surface area contributed by atoms with E-state index in [1.54, 1.807) is 34.8 Å². The molecule has 2 fully saturated rings. The van der Waals surface area contributed by atoms with Crippen molar-refractivity contribution in [3.63, 3.8) is 0 Å². The maximum Gasteiger partial charge on any atom is 0.355 e. The van der Waals surface area contributed by atoms with Crippen LogP contribution in [0.1, 0.15) is 128 Å². The van der Waals surface area contributed by atoms with E-state index in [2.05, 4.69) is 57.8 Å². The molecule has 468 valence electrons. The highest BCUT2D eigenvalue weighted by molar-refractivity contribution is 7.22. The quantitative estimate of drug-likeness (QED) is 0.0313. The van der Waals surface area contributed by atoms with Gasteiger partial charge in [-0.3, -0.25) is 24.1 Å². The van der Waals surface area contributed by atoms with Gasteiger partial charge >= 0.3 is 5.97 Å². The number of likely N-dealkylation sites (tertiary alicyclic amines) is 1. The van der Waals surface area contributed by atoms with Crippen molar-refractivity contribution in [1.82, 2.24) is 50.5 Å². The minimum Gasteiger partial charge on any atom is -0.491 e. The molecule has 0 aliphatic carbocycles. The average molecular weight is 1270 g/mol. The number of carboxylic acids is 1. The van der Waals surface area contributed by atoms with Crippen LogP contribution in [0.5, 0.6) is 5.75 Å². The lowest BCUT2D eigenvalue weighted by Crippen LogP contribution is -2.57. The van der Waals surface area contributed by atoms with Crippen LogP contribution in [0.2, 0.25) is 0 Å². The SMILES string of the molecule is Cc1ncsc1-c1ccc(C(C)NC(=O)[C@@H]2C[C@@H](O)CN2C(=O)C(NC(=O)CCCCCC(=O)N2CCN(CC#Cc3ccc(OCCCc4sc(N5CCCc6c5nnc(Nc5nc7ccccc7s5)c6C)nc4C(=O)O)c(F)c3)CC2)C(C)(C)C)cc1. The number of carbonyl (C=O) groups is 5. The van der Waals surface area contributed by atoms with E-state index in [1.807, 2.05) is 105 Å². The zero-order valence-corrected chi connectivity index (χ0v) is 53.4. The number of thiazole rings is 3. The fraction of sp³-hybridized carbons (Fsp3) is 0.446. The summed E-state index contributed by atoms with van der Waals surface area (Å²) in [6, 6.07) is 18.2. The van der Waals surface area contributed by atoms with Crippen LogP contribution in [0.3, 0.4) is 0 Å². The first kappa shape index (κ1) is 64.0. The maximum atomic E-state index is 15.3. The molecule has 3 aliphatic heterocycles. The number of aromatic nitrogens is 5. The highest BCUT2D eigenvalue weighted by Gasteiger charge is 2.45. The van der Waals surface area contributed by atoms with Gasteiger partial charge in [0.1, 0.15) is 12.1 Å². The Kier molecular flexibility index (Phi) is 20.6. The minimum absolute atomic E-state index is 0.0195. The Balaban J connectivity index is 0.615. The third-order valence-electron chi connectivity index (χ3n) is 16.4. The topological polar surface area (TPSA) is 249 Å². The molecule has 0 radical (unpaired) electrons. The van der Waals surface area contributed by atoms with E-state index in [0.29, 0.717) is 105 Å². The molecule has 3 aliphatic rings. The number of amides is 4. The number of anilines is 4. The number of β-amino-alcohol motifs (C(OH)–C–C–N with tert-alkyl or cyclic N) is 1. The van der Waals surface area contributed by atoms with Crippen molar-refractivity contribution in [3.05, 3.63) is 117 Å². The van der Waals surface area contributed by atoms with Gasteiger partial charge in [0.2, 0.25) is 23.6 Å². The Morgan fingerprint density at radius 2 is 1.67 bits per heavy atom. The predicted octanol–water partition coefficient (Wildman–Crippen LogP) is 9.78. The van der Waals surface area contributed by atoms with Gasteiger partial charge in [-0.2, -0.15) is 0 Å². The number of fused-ring (bicyclic) bond motifs is 2. The van der Waals surface area contributed by atoms with Crippen molar-refractivity contribution in [1.29, 1.82) is 0 Å². The minimum atomic E-state index is -1.13. The number of carbonyl (C=O) groups excluding carboxylic acids is 4. The van der Waals surface area contributed by atoms with E-state index in [0.717, 1.165) is 61.0 Å². The van der Waals surface area contributed by atoms with Crippen LogP contribution in [0.15, 0.2) is 72.2 Å². The number of carboxylic acid groups (broad SMARTS) is 1. The molecular formula is C65H75FN12O8S3. The number of aliphatic hydroxyl groups is 1. The number of aromatic carboxylic acids is 1. The Labute approximate surface area is 529 Å². The van der Waals surface area contributed by atoms with E-state index in [-0.39, 0.29) is 61.2 Å². The Hall–Kier alpha value is -7.95. The average Bonchev–Trinajstić information content (AvgIpc) is 2.05. The third kappa shape index (κ3) is 15.7. The lowest BCUT2D eigenvalue weighted by Gasteiger charge is -2.35. The number of hydrogen-bond acceptors (Lipinski definition) is 18. The highest BCUT2D eigenvalue weighted by Crippen LogP contribution is 2.40. The molecule has 3 aromatic carbocycles. The summed E-state index contributed by atoms with van der Waals surface area (Å²) in [6.07, 6.45) is 3.90. The third-order valence-corrected chi connectivity index (χ3v) is 19.4. The molecule has 4 atom stereocenters. The number of aryl methyl sites for hydroxylation is 2. The van der Waals surface area contributed by atoms with Crippen LogP contribution in [0.25, 0.3) is 20.7 Å². The van der Waals surface area contributed by atoms with Gasteiger partial charge in [-0.15, -0.1) is 32.9 Å². The number of para-hydroxylation sites is 1. The number of rotatable bonds is 22.